The minimum absolute atomic E-state index is 0.182. The Labute approximate surface area is 117 Å². The molecule has 2 unspecified atom stereocenters. The molecule has 1 rings (SSSR count). The van der Waals surface area contributed by atoms with E-state index in [0.717, 1.165) is 45.3 Å². The number of likely N-dealkylation sites (N-methyl/N-ethyl adjacent to an activating group) is 1. The van der Waals surface area contributed by atoms with E-state index < -0.39 is 5.54 Å². The molecule has 2 atom stereocenters. The van der Waals surface area contributed by atoms with E-state index in [-0.39, 0.29) is 12.0 Å². The first-order valence-corrected chi connectivity index (χ1v) is 7.81. The molecule has 0 aromatic heterocycles. The maximum Gasteiger partial charge on any atom is 0.237 e. The number of nitrogens with one attached hydrogen (secondary N) is 1. The summed E-state index contributed by atoms with van der Waals surface area (Å²) in [5.74, 6) is -0.228. The molecule has 0 spiro atoms. The van der Waals surface area contributed by atoms with E-state index in [4.69, 9.17) is 10.5 Å². The van der Waals surface area contributed by atoms with E-state index in [9.17, 15) is 4.79 Å². The number of unbranched alkanes of at least 4 members (excludes halogenated alkanes) is 3. The van der Waals surface area contributed by atoms with Crippen LogP contribution in [-0.4, -0.2) is 30.7 Å². The van der Waals surface area contributed by atoms with Crippen LogP contribution in [-0.2, 0) is 9.53 Å². The molecule has 3 N–H and O–H groups in total. The summed E-state index contributed by atoms with van der Waals surface area (Å²) >= 11 is 0. The number of carbonyl (C=O) groups is 1. The minimum Gasteiger partial charge on any atom is -0.378 e. The van der Waals surface area contributed by atoms with Gasteiger partial charge in [-0.3, -0.25) is 4.79 Å². The third kappa shape index (κ3) is 5.11. The number of nitrogens with two attached hydrogens (primary N) is 1. The molecule has 19 heavy (non-hydrogen) atoms. The Balaban J connectivity index is 2.37. The fraction of sp³-hybridized carbons (Fsp3) is 0.933. The zero-order chi connectivity index (χ0) is 14.1. The van der Waals surface area contributed by atoms with Gasteiger partial charge >= 0.3 is 0 Å². The van der Waals surface area contributed by atoms with E-state index in [1.165, 1.54) is 19.3 Å². The maximum atomic E-state index is 11.7. The lowest BCUT2D eigenvalue weighted by Crippen LogP contribution is -2.58. The average molecular weight is 270 g/mol. The summed E-state index contributed by atoms with van der Waals surface area (Å²) in [4.78, 5) is 11.7. The highest BCUT2D eigenvalue weighted by Crippen LogP contribution is 2.30. The first-order chi connectivity index (χ1) is 9.14. The molecular formula is C15H30N2O2. The van der Waals surface area contributed by atoms with Gasteiger partial charge in [0.05, 0.1) is 6.10 Å². The van der Waals surface area contributed by atoms with Gasteiger partial charge in [0, 0.05) is 13.0 Å². The molecule has 1 aliphatic rings. The first kappa shape index (κ1) is 16.4. The van der Waals surface area contributed by atoms with Crippen LogP contribution < -0.4 is 11.1 Å². The van der Waals surface area contributed by atoms with Gasteiger partial charge in [-0.15, -0.1) is 0 Å². The molecule has 1 amide bonds. The quantitative estimate of drug-likeness (QED) is 0.632. The Morgan fingerprint density at radius 3 is 2.79 bits per heavy atom. The predicted molar refractivity (Wildman–Crippen MR) is 78.0 cm³/mol. The van der Waals surface area contributed by atoms with Crippen LogP contribution in [0, 0.1) is 0 Å². The Bertz CT molecular complexity index is 267. The summed E-state index contributed by atoms with van der Waals surface area (Å²) in [6, 6.07) is 0. The third-order valence-electron chi connectivity index (χ3n) is 4.04. The van der Waals surface area contributed by atoms with Gasteiger partial charge < -0.3 is 15.8 Å². The predicted octanol–water partition coefficient (Wildman–Crippen LogP) is 2.36. The van der Waals surface area contributed by atoms with Crippen molar-refractivity contribution in [1.29, 1.82) is 0 Å². The Hall–Kier alpha value is -0.610. The van der Waals surface area contributed by atoms with E-state index in [2.05, 4.69) is 12.2 Å². The molecular weight excluding hydrogens is 240 g/mol. The monoisotopic (exact) mass is 270 g/mol. The summed E-state index contributed by atoms with van der Waals surface area (Å²) < 4.78 is 5.93. The normalized spacial score (nSPS) is 27.4. The van der Waals surface area contributed by atoms with Gasteiger partial charge in [0.15, 0.2) is 0 Å². The third-order valence-corrected chi connectivity index (χ3v) is 4.04. The Morgan fingerprint density at radius 2 is 2.16 bits per heavy atom. The lowest BCUT2D eigenvalue weighted by atomic mass is 9.79. The molecule has 0 aliphatic heterocycles. The molecule has 0 aromatic rings. The van der Waals surface area contributed by atoms with E-state index in [1.807, 2.05) is 6.92 Å². The number of carbonyl (C=O) groups excluding carboxylic acids is 1. The molecule has 4 heteroatoms. The molecule has 4 nitrogen and oxygen atoms in total. The SMILES string of the molecule is CCCCCCOC1CCCC(NCC)(C(N)=O)C1. The van der Waals surface area contributed by atoms with Crippen LogP contribution >= 0.6 is 0 Å². The van der Waals surface area contributed by atoms with Crippen molar-refractivity contribution >= 4 is 5.91 Å². The average Bonchev–Trinajstić information content (AvgIpc) is 2.39. The van der Waals surface area contributed by atoms with Gasteiger partial charge in [-0.1, -0.05) is 33.1 Å². The van der Waals surface area contributed by atoms with Crippen molar-refractivity contribution in [2.24, 2.45) is 5.73 Å². The molecule has 1 fully saturated rings. The summed E-state index contributed by atoms with van der Waals surface area (Å²) in [7, 11) is 0. The zero-order valence-electron chi connectivity index (χ0n) is 12.5. The second kappa shape index (κ2) is 8.54. The van der Waals surface area contributed by atoms with Crippen molar-refractivity contribution in [2.45, 2.75) is 76.9 Å². The lowest BCUT2D eigenvalue weighted by molar-refractivity contribution is -0.128. The van der Waals surface area contributed by atoms with Crippen LogP contribution in [0.3, 0.4) is 0 Å². The maximum absolute atomic E-state index is 11.7. The highest BCUT2D eigenvalue weighted by Gasteiger charge is 2.40. The van der Waals surface area contributed by atoms with Crippen molar-refractivity contribution in [3.63, 3.8) is 0 Å². The fourth-order valence-corrected chi connectivity index (χ4v) is 2.96. The van der Waals surface area contributed by atoms with Crippen LogP contribution in [0.15, 0.2) is 0 Å². The smallest absolute Gasteiger partial charge is 0.237 e. The molecule has 0 bridgehead atoms. The molecule has 112 valence electrons. The van der Waals surface area contributed by atoms with E-state index in [0.29, 0.717) is 0 Å². The van der Waals surface area contributed by atoms with E-state index in [1.54, 1.807) is 0 Å². The van der Waals surface area contributed by atoms with Gasteiger partial charge in [0.2, 0.25) is 5.91 Å². The van der Waals surface area contributed by atoms with Crippen molar-refractivity contribution in [3.05, 3.63) is 0 Å². The highest BCUT2D eigenvalue weighted by atomic mass is 16.5. The van der Waals surface area contributed by atoms with Gasteiger partial charge in [0.1, 0.15) is 5.54 Å². The molecule has 0 aromatic carbocycles. The Kier molecular flexibility index (Phi) is 7.39. The topological polar surface area (TPSA) is 64.3 Å². The first-order valence-electron chi connectivity index (χ1n) is 7.81. The Morgan fingerprint density at radius 1 is 1.37 bits per heavy atom. The largest absolute Gasteiger partial charge is 0.378 e. The number of hydrogen-bond acceptors (Lipinski definition) is 3. The van der Waals surface area contributed by atoms with Gasteiger partial charge in [-0.2, -0.15) is 0 Å². The molecule has 1 saturated carbocycles. The molecule has 0 radical (unpaired) electrons. The highest BCUT2D eigenvalue weighted by molar-refractivity contribution is 5.84. The van der Waals surface area contributed by atoms with Crippen LogP contribution in [0.25, 0.3) is 0 Å². The number of rotatable bonds is 9. The van der Waals surface area contributed by atoms with Crippen molar-refractivity contribution in [1.82, 2.24) is 5.32 Å². The number of primary amides is 1. The second-order valence-corrected chi connectivity index (χ2v) is 5.63. The van der Waals surface area contributed by atoms with Crippen LogP contribution in [0.4, 0.5) is 0 Å². The van der Waals surface area contributed by atoms with E-state index >= 15 is 0 Å². The summed E-state index contributed by atoms with van der Waals surface area (Å²) in [5, 5.41) is 3.28. The van der Waals surface area contributed by atoms with Gasteiger partial charge in [-0.25, -0.2) is 0 Å². The van der Waals surface area contributed by atoms with Crippen LogP contribution in [0.1, 0.15) is 65.2 Å². The molecule has 0 saturated heterocycles. The van der Waals surface area contributed by atoms with Crippen LogP contribution in [0.5, 0.6) is 0 Å². The van der Waals surface area contributed by atoms with Gasteiger partial charge in [0.25, 0.3) is 0 Å². The second-order valence-electron chi connectivity index (χ2n) is 5.63. The van der Waals surface area contributed by atoms with Crippen molar-refractivity contribution in [3.8, 4) is 0 Å². The lowest BCUT2D eigenvalue weighted by Gasteiger charge is -2.39. The summed E-state index contributed by atoms with van der Waals surface area (Å²) in [5.41, 5.74) is 5.05. The number of ether oxygens (including phenoxy) is 1. The summed E-state index contributed by atoms with van der Waals surface area (Å²) in [6.45, 7) is 5.80. The number of hydrogen-bond donors (Lipinski definition) is 2. The summed E-state index contributed by atoms with van der Waals surface area (Å²) in [6.07, 6.45) is 8.68. The zero-order valence-corrected chi connectivity index (χ0v) is 12.5. The van der Waals surface area contributed by atoms with Crippen molar-refractivity contribution < 1.29 is 9.53 Å². The van der Waals surface area contributed by atoms with Crippen LogP contribution in [0.2, 0.25) is 0 Å². The standard InChI is InChI=1S/C15H30N2O2/c1-3-5-6-7-11-19-13-9-8-10-15(12-13,14(16)18)17-4-2/h13,17H,3-12H2,1-2H3,(H2,16,18). The molecule has 1 aliphatic carbocycles. The fourth-order valence-electron chi connectivity index (χ4n) is 2.96. The molecule has 0 heterocycles. The van der Waals surface area contributed by atoms with Gasteiger partial charge in [-0.05, 0) is 32.2 Å². The number of amides is 1. The minimum atomic E-state index is -0.541. The van der Waals surface area contributed by atoms with Crippen molar-refractivity contribution in [2.75, 3.05) is 13.2 Å².